The van der Waals surface area contributed by atoms with Crippen LogP contribution in [-0.4, -0.2) is 11.6 Å². The van der Waals surface area contributed by atoms with Crippen LogP contribution >= 0.6 is 0 Å². The molecule has 1 aromatic rings. The molecule has 0 aliphatic heterocycles. The summed E-state index contributed by atoms with van der Waals surface area (Å²) in [7, 11) is 0. The highest BCUT2D eigenvalue weighted by molar-refractivity contribution is 5.22. The minimum atomic E-state index is 0.0342. The zero-order chi connectivity index (χ0) is 9.68. The van der Waals surface area contributed by atoms with Crippen molar-refractivity contribution >= 4 is 0 Å². The molecular weight excluding hydrogens is 164 g/mol. The van der Waals surface area contributed by atoms with Crippen LogP contribution in [0, 0.1) is 0 Å². The first-order valence-electron chi connectivity index (χ1n) is 4.58. The highest BCUT2D eigenvalue weighted by atomic mass is 16.5. The molecule has 72 valence electrons. The molecule has 0 aromatic carbocycles. The quantitative estimate of drug-likeness (QED) is 0.769. The van der Waals surface area contributed by atoms with Gasteiger partial charge in [0, 0.05) is 18.3 Å². The second-order valence-electron chi connectivity index (χ2n) is 3.06. The van der Waals surface area contributed by atoms with Crippen molar-refractivity contribution in [2.24, 2.45) is 5.73 Å². The van der Waals surface area contributed by atoms with Crippen LogP contribution in [0.15, 0.2) is 18.3 Å². The molecule has 0 aliphatic carbocycles. The Morgan fingerprint density at radius 2 is 2.38 bits per heavy atom. The average molecular weight is 180 g/mol. The molecule has 0 aliphatic rings. The van der Waals surface area contributed by atoms with E-state index in [0.29, 0.717) is 12.5 Å². The van der Waals surface area contributed by atoms with Gasteiger partial charge in [0.1, 0.15) is 0 Å². The van der Waals surface area contributed by atoms with Gasteiger partial charge in [-0.15, -0.1) is 0 Å². The topological polar surface area (TPSA) is 48.1 Å². The van der Waals surface area contributed by atoms with Gasteiger partial charge in [-0.25, -0.2) is 4.98 Å². The van der Waals surface area contributed by atoms with E-state index >= 15 is 0 Å². The molecule has 0 saturated carbocycles. The summed E-state index contributed by atoms with van der Waals surface area (Å²) in [6, 6.07) is 3.83. The first kappa shape index (κ1) is 9.99. The number of rotatable bonds is 4. The van der Waals surface area contributed by atoms with Crippen LogP contribution < -0.4 is 10.5 Å². The van der Waals surface area contributed by atoms with E-state index in [9.17, 15) is 0 Å². The maximum Gasteiger partial charge on any atom is 0.213 e. The Hall–Kier alpha value is -1.09. The standard InChI is InChI=1S/C10H16N2O/c1-3-6-13-10-7-9(8(2)11)4-5-12-10/h4-5,7-8H,3,6,11H2,1-2H3. The molecule has 1 heterocycles. The molecule has 1 atom stereocenters. The van der Waals surface area contributed by atoms with Gasteiger partial charge in [0.2, 0.25) is 5.88 Å². The molecule has 0 amide bonds. The number of ether oxygens (including phenoxy) is 1. The van der Waals surface area contributed by atoms with Crippen LogP contribution in [0.5, 0.6) is 5.88 Å². The molecule has 13 heavy (non-hydrogen) atoms. The van der Waals surface area contributed by atoms with Gasteiger partial charge >= 0.3 is 0 Å². The van der Waals surface area contributed by atoms with Crippen molar-refractivity contribution in [3.63, 3.8) is 0 Å². The lowest BCUT2D eigenvalue weighted by Gasteiger charge is -2.07. The summed E-state index contributed by atoms with van der Waals surface area (Å²) >= 11 is 0. The maximum absolute atomic E-state index is 5.73. The summed E-state index contributed by atoms with van der Waals surface area (Å²) in [4.78, 5) is 4.08. The highest BCUT2D eigenvalue weighted by Crippen LogP contribution is 2.14. The van der Waals surface area contributed by atoms with Crippen LogP contribution in [0.1, 0.15) is 31.9 Å². The minimum absolute atomic E-state index is 0.0342. The largest absolute Gasteiger partial charge is 0.478 e. The third-order valence-electron chi connectivity index (χ3n) is 1.74. The lowest BCUT2D eigenvalue weighted by molar-refractivity contribution is 0.305. The van der Waals surface area contributed by atoms with Crippen LogP contribution in [0.3, 0.4) is 0 Å². The summed E-state index contributed by atoms with van der Waals surface area (Å²) in [5, 5.41) is 0. The molecule has 1 rings (SSSR count). The summed E-state index contributed by atoms with van der Waals surface area (Å²) in [6.45, 7) is 4.71. The van der Waals surface area contributed by atoms with Gasteiger partial charge in [-0.05, 0) is 25.0 Å². The number of hydrogen-bond acceptors (Lipinski definition) is 3. The third-order valence-corrected chi connectivity index (χ3v) is 1.74. The van der Waals surface area contributed by atoms with Gasteiger partial charge in [-0.1, -0.05) is 6.92 Å². The first-order chi connectivity index (χ1) is 6.24. The van der Waals surface area contributed by atoms with E-state index in [0.717, 1.165) is 12.0 Å². The summed E-state index contributed by atoms with van der Waals surface area (Å²) < 4.78 is 5.38. The van der Waals surface area contributed by atoms with E-state index in [1.165, 1.54) is 0 Å². The van der Waals surface area contributed by atoms with Crippen LogP contribution in [-0.2, 0) is 0 Å². The fraction of sp³-hybridized carbons (Fsp3) is 0.500. The van der Waals surface area contributed by atoms with Crippen molar-refractivity contribution in [2.45, 2.75) is 26.3 Å². The SMILES string of the molecule is CCCOc1cc(C(C)N)ccn1. The molecule has 0 spiro atoms. The first-order valence-corrected chi connectivity index (χ1v) is 4.58. The molecule has 1 aromatic heterocycles. The Morgan fingerprint density at radius 3 is 3.00 bits per heavy atom. The predicted molar refractivity (Wildman–Crippen MR) is 52.6 cm³/mol. The summed E-state index contributed by atoms with van der Waals surface area (Å²) in [6.07, 6.45) is 2.72. The van der Waals surface area contributed by atoms with Crippen molar-refractivity contribution in [1.82, 2.24) is 4.98 Å². The molecule has 0 saturated heterocycles. The maximum atomic E-state index is 5.73. The molecule has 2 N–H and O–H groups in total. The van der Waals surface area contributed by atoms with E-state index in [4.69, 9.17) is 10.5 Å². The van der Waals surface area contributed by atoms with Crippen molar-refractivity contribution in [2.75, 3.05) is 6.61 Å². The normalized spacial score (nSPS) is 12.5. The predicted octanol–water partition coefficient (Wildman–Crippen LogP) is 1.89. The Balaban J connectivity index is 2.68. The number of nitrogens with two attached hydrogens (primary N) is 1. The summed E-state index contributed by atoms with van der Waals surface area (Å²) in [5.41, 5.74) is 6.78. The van der Waals surface area contributed by atoms with Gasteiger partial charge in [-0.2, -0.15) is 0 Å². The molecule has 0 bridgehead atoms. The van der Waals surface area contributed by atoms with Crippen LogP contribution in [0.25, 0.3) is 0 Å². The van der Waals surface area contributed by atoms with Gasteiger partial charge < -0.3 is 10.5 Å². The number of pyridine rings is 1. The molecule has 0 fully saturated rings. The lowest BCUT2D eigenvalue weighted by Crippen LogP contribution is -2.06. The lowest BCUT2D eigenvalue weighted by atomic mass is 10.1. The van der Waals surface area contributed by atoms with Crippen LogP contribution in [0.2, 0.25) is 0 Å². The fourth-order valence-electron chi connectivity index (χ4n) is 0.994. The van der Waals surface area contributed by atoms with Crippen molar-refractivity contribution in [3.8, 4) is 5.88 Å². The van der Waals surface area contributed by atoms with Gasteiger partial charge in [0.25, 0.3) is 0 Å². The second kappa shape index (κ2) is 4.82. The monoisotopic (exact) mass is 180 g/mol. The Morgan fingerprint density at radius 1 is 1.62 bits per heavy atom. The van der Waals surface area contributed by atoms with Gasteiger partial charge in [0.05, 0.1) is 6.61 Å². The van der Waals surface area contributed by atoms with Crippen molar-refractivity contribution < 1.29 is 4.74 Å². The van der Waals surface area contributed by atoms with Gasteiger partial charge in [-0.3, -0.25) is 0 Å². The van der Waals surface area contributed by atoms with E-state index in [2.05, 4.69) is 11.9 Å². The van der Waals surface area contributed by atoms with Crippen molar-refractivity contribution in [1.29, 1.82) is 0 Å². The zero-order valence-corrected chi connectivity index (χ0v) is 8.16. The van der Waals surface area contributed by atoms with Gasteiger partial charge in [0.15, 0.2) is 0 Å². The number of nitrogens with zero attached hydrogens (tertiary/aromatic N) is 1. The van der Waals surface area contributed by atoms with E-state index < -0.39 is 0 Å². The molecule has 3 heteroatoms. The zero-order valence-electron chi connectivity index (χ0n) is 8.16. The second-order valence-corrected chi connectivity index (χ2v) is 3.06. The average Bonchev–Trinajstić information content (AvgIpc) is 2.15. The minimum Gasteiger partial charge on any atom is -0.478 e. The third kappa shape index (κ3) is 3.03. The molecule has 3 nitrogen and oxygen atoms in total. The molecule has 0 radical (unpaired) electrons. The van der Waals surface area contributed by atoms with E-state index in [1.807, 2.05) is 19.1 Å². The van der Waals surface area contributed by atoms with Crippen molar-refractivity contribution in [3.05, 3.63) is 23.9 Å². The van der Waals surface area contributed by atoms with E-state index in [-0.39, 0.29) is 6.04 Å². The Bertz CT molecular complexity index is 261. The smallest absolute Gasteiger partial charge is 0.213 e. The summed E-state index contributed by atoms with van der Waals surface area (Å²) in [5.74, 6) is 0.664. The molecular formula is C10H16N2O. The fourth-order valence-corrected chi connectivity index (χ4v) is 0.994. The molecule has 1 unspecified atom stereocenters. The number of aromatic nitrogens is 1. The number of hydrogen-bond donors (Lipinski definition) is 1. The Kier molecular flexibility index (Phi) is 3.71. The van der Waals surface area contributed by atoms with Crippen LogP contribution in [0.4, 0.5) is 0 Å². The highest BCUT2D eigenvalue weighted by Gasteiger charge is 2.01. The van der Waals surface area contributed by atoms with E-state index in [1.54, 1.807) is 6.20 Å². The Labute approximate surface area is 78.9 Å².